The second-order valence-corrected chi connectivity index (χ2v) is 6.42. The maximum Gasteiger partial charge on any atom is 0.290 e. The van der Waals surface area contributed by atoms with Gasteiger partial charge in [0.2, 0.25) is 0 Å². The van der Waals surface area contributed by atoms with Crippen molar-refractivity contribution in [1.82, 2.24) is 30.4 Å². The minimum Gasteiger partial charge on any atom is -0.490 e. The molecule has 0 spiro atoms. The van der Waals surface area contributed by atoms with E-state index in [-0.39, 0.29) is 17.3 Å². The van der Waals surface area contributed by atoms with E-state index in [0.717, 1.165) is 0 Å². The normalized spacial score (nSPS) is 11.0. The van der Waals surface area contributed by atoms with E-state index in [1.807, 2.05) is 13.8 Å². The number of carbonyl (C=O) groups is 1. The zero-order valence-electron chi connectivity index (χ0n) is 17.7. The lowest BCUT2D eigenvalue weighted by Gasteiger charge is -2.11. The van der Waals surface area contributed by atoms with Crippen LogP contribution < -0.4 is 20.5 Å². The van der Waals surface area contributed by atoms with Crippen molar-refractivity contribution in [2.45, 2.75) is 27.7 Å². The average Bonchev–Trinajstić information content (AvgIpc) is 3.14. The topological polar surface area (TPSA) is 136 Å². The summed E-state index contributed by atoms with van der Waals surface area (Å²) in [6.07, 6.45) is 1.48. The summed E-state index contributed by atoms with van der Waals surface area (Å²) in [5.41, 5.74) is 3.66. The number of ether oxygens (including phenoxy) is 2. The van der Waals surface area contributed by atoms with Crippen molar-refractivity contribution in [3.8, 4) is 17.4 Å². The molecule has 11 nitrogen and oxygen atoms in total. The van der Waals surface area contributed by atoms with Gasteiger partial charge in [0.25, 0.3) is 17.4 Å². The van der Waals surface area contributed by atoms with Gasteiger partial charge in [0.15, 0.2) is 11.5 Å². The third-order valence-corrected chi connectivity index (χ3v) is 4.06. The number of rotatable bonds is 8. The van der Waals surface area contributed by atoms with Gasteiger partial charge in [-0.05, 0) is 57.5 Å². The van der Waals surface area contributed by atoms with E-state index in [1.54, 1.807) is 31.2 Å². The molecule has 162 valence electrons. The lowest BCUT2D eigenvalue weighted by Crippen LogP contribution is -2.24. The van der Waals surface area contributed by atoms with Crippen LogP contribution in [0.2, 0.25) is 0 Å². The Morgan fingerprint density at radius 3 is 2.61 bits per heavy atom. The van der Waals surface area contributed by atoms with Crippen LogP contribution in [0, 0.1) is 13.8 Å². The third-order valence-electron chi connectivity index (χ3n) is 4.06. The highest BCUT2D eigenvalue weighted by Gasteiger charge is 2.17. The Hall–Kier alpha value is -4.02. The summed E-state index contributed by atoms with van der Waals surface area (Å²) in [7, 11) is 0. The number of aryl methyl sites for hydroxylation is 2. The number of aromatic nitrogens is 5. The number of H-pyrrole nitrogens is 1. The summed E-state index contributed by atoms with van der Waals surface area (Å²) in [5.74, 6) is 0.732. The Labute approximate surface area is 178 Å². The molecule has 0 saturated carbocycles. The van der Waals surface area contributed by atoms with Gasteiger partial charge in [-0.2, -0.15) is 14.9 Å². The van der Waals surface area contributed by atoms with E-state index in [2.05, 4.69) is 30.8 Å². The first-order valence-corrected chi connectivity index (χ1v) is 9.66. The van der Waals surface area contributed by atoms with Crippen molar-refractivity contribution in [3.05, 3.63) is 57.3 Å². The van der Waals surface area contributed by atoms with E-state index in [0.29, 0.717) is 36.0 Å². The first kappa shape index (κ1) is 21.7. The Kier molecular flexibility index (Phi) is 6.75. The van der Waals surface area contributed by atoms with E-state index in [4.69, 9.17) is 9.47 Å². The summed E-state index contributed by atoms with van der Waals surface area (Å²) >= 11 is 0. The van der Waals surface area contributed by atoms with E-state index in [1.165, 1.54) is 17.8 Å². The summed E-state index contributed by atoms with van der Waals surface area (Å²) in [5, 5.41) is 15.9. The second kappa shape index (κ2) is 9.65. The molecule has 0 aliphatic heterocycles. The number of hydrogen-bond acceptors (Lipinski definition) is 8. The molecule has 1 aromatic carbocycles. The van der Waals surface area contributed by atoms with Crippen LogP contribution in [-0.4, -0.2) is 50.3 Å². The molecule has 2 aromatic heterocycles. The fourth-order valence-electron chi connectivity index (χ4n) is 2.67. The van der Waals surface area contributed by atoms with E-state index >= 15 is 0 Å². The zero-order chi connectivity index (χ0) is 22.4. The average molecular weight is 425 g/mol. The van der Waals surface area contributed by atoms with Gasteiger partial charge in [-0.1, -0.05) is 0 Å². The number of nitrogens with zero attached hydrogens (tertiary/aromatic N) is 5. The van der Waals surface area contributed by atoms with Crippen LogP contribution in [0.25, 0.3) is 5.95 Å². The van der Waals surface area contributed by atoms with E-state index < -0.39 is 11.5 Å². The maximum absolute atomic E-state index is 12.6. The van der Waals surface area contributed by atoms with Gasteiger partial charge >= 0.3 is 0 Å². The van der Waals surface area contributed by atoms with Gasteiger partial charge in [-0.3, -0.25) is 14.6 Å². The van der Waals surface area contributed by atoms with Crippen LogP contribution >= 0.6 is 0 Å². The largest absolute Gasteiger partial charge is 0.490 e. The molecular weight excluding hydrogens is 402 g/mol. The molecule has 0 fully saturated rings. The highest BCUT2D eigenvalue weighted by atomic mass is 16.5. The van der Waals surface area contributed by atoms with Gasteiger partial charge in [-0.15, -0.1) is 10.2 Å². The third kappa shape index (κ3) is 5.13. The molecule has 0 aliphatic rings. The minimum absolute atomic E-state index is 0.0331. The quantitative estimate of drug-likeness (QED) is 0.412. The molecule has 0 radical (unpaired) electrons. The van der Waals surface area contributed by atoms with Gasteiger partial charge in [-0.25, -0.2) is 5.43 Å². The highest BCUT2D eigenvalue weighted by Crippen LogP contribution is 2.27. The predicted octanol–water partition coefficient (Wildman–Crippen LogP) is 1.53. The summed E-state index contributed by atoms with van der Waals surface area (Å²) in [6.45, 7) is 8.03. The fourth-order valence-corrected chi connectivity index (χ4v) is 2.67. The molecule has 1 amide bonds. The van der Waals surface area contributed by atoms with Crippen LogP contribution in [0.15, 0.2) is 34.2 Å². The monoisotopic (exact) mass is 425 g/mol. The highest BCUT2D eigenvalue weighted by molar-refractivity contribution is 5.94. The van der Waals surface area contributed by atoms with Crippen LogP contribution in [0.1, 0.15) is 41.3 Å². The molecule has 0 saturated heterocycles. The first-order chi connectivity index (χ1) is 14.9. The zero-order valence-corrected chi connectivity index (χ0v) is 17.7. The Morgan fingerprint density at radius 2 is 1.90 bits per heavy atom. The molecule has 0 aliphatic carbocycles. The Morgan fingerprint density at radius 1 is 1.16 bits per heavy atom. The first-order valence-electron chi connectivity index (χ1n) is 9.66. The lowest BCUT2D eigenvalue weighted by atomic mass is 10.2. The molecule has 3 aromatic rings. The van der Waals surface area contributed by atoms with Crippen LogP contribution in [0.5, 0.6) is 11.5 Å². The van der Waals surface area contributed by atoms with Crippen LogP contribution in [-0.2, 0) is 0 Å². The molecule has 3 rings (SSSR count). The molecule has 2 N–H and O–H groups in total. The van der Waals surface area contributed by atoms with Crippen LogP contribution in [0.3, 0.4) is 0 Å². The fraction of sp³-hybridized carbons (Fsp3) is 0.300. The number of benzene rings is 1. The maximum atomic E-state index is 12.6. The standard InChI is InChI=1S/C20H23N7O4/c1-5-30-16-8-7-14(10-17(16)31-6-2)11-21-24-19(29)15-9-12(3)26-27(15)20-22-18(28)13(4)23-25-20/h7-11H,5-6H2,1-4H3,(H,24,29)(H,22,25,28)/b21-11-. The van der Waals surface area contributed by atoms with Crippen molar-refractivity contribution < 1.29 is 14.3 Å². The summed E-state index contributed by atoms with van der Waals surface area (Å²) < 4.78 is 12.3. The summed E-state index contributed by atoms with van der Waals surface area (Å²) in [4.78, 5) is 27.0. The Balaban J connectivity index is 1.78. The van der Waals surface area contributed by atoms with Gasteiger partial charge in [0, 0.05) is 0 Å². The predicted molar refractivity (Wildman–Crippen MR) is 113 cm³/mol. The number of amides is 1. The lowest BCUT2D eigenvalue weighted by molar-refractivity contribution is 0.0947. The van der Waals surface area contributed by atoms with Gasteiger partial charge in [0.05, 0.1) is 25.1 Å². The van der Waals surface area contributed by atoms with Gasteiger partial charge in [0.1, 0.15) is 11.4 Å². The van der Waals surface area contributed by atoms with Crippen molar-refractivity contribution >= 4 is 12.1 Å². The SMILES string of the molecule is CCOc1ccc(/C=N\NC(=O)c2cc(C)nn2-c2nnc(C)c(=O)[nH]2)cc1OCC. The smallest absolute Gasteiger partial charge is 0.290 e. The molecule has 0 unspecified atom stereocenters. The van der Waals surface area contributed by atoms with Crippen molar-refractivity contribution in [2.24, 2.45) is 5.10 Å². The van der Waals surface area contributed by atoms with Crippen molar-refractivity contribution in [1.29, 1.82) is 0 Å². The van der Waals surface area contributed by atoms with Crippen molar-refractivity contribution in [2.75, 3.05) is 13.2 Å². The number of carbonyl (C=O) groups excluding carboxylic acids is 1. The molecule has 2 heterocycles. The Bertz CT molecular complexity index is 1170. The van der Waals surface area contributed by atoms with E-state index in [9.17, 15) is 9.59 Å². The van der Waals surface area contributed by atoms with Crippen molar-refractivity contribution in [3.63, 3.8) is 0 Å². The second-order valence-electron chi connectivity index (χ2n) is 6.42. The number of hydrazone groups is 1. The number of hydrogen-bond donors (Lipinski definition) is 2. The van der Waals surface area contributed by atoms with Gasteiger partial charge < -0.3 is 9.47 Å². The summed E-state index contributed by atoms with van der Waals surface area (Å²) in [6, 6.07) is 6.90. The number of nitrogens with one attached hydrogen (secondary N) is 2. The molecule has 0 bridgehead atoms. The molecule has 31 heavy (non-hydrogen) atoms. The molecule has 11 heteroatoms. The minimum atomic E-state index is -0.531. The number of aromatic amines is 1. The van der Waals surface area contributed by atoms with Crippen LogP contribution in [0.4, 0.5) is 0 Å². The molecular formula is C20H23N7O4. The molecule has 0 atom stereocenters.